The number of nitrogens with one attached hydrogen (secondary N) is 2. The van der Waals surface area contributed by atoms with Crippen LogP contribution in [0.3, 0.4) is 0 Å². The number of fused-ring (bicyclic) bond motifs is 4. The van der Waals surface area contributed by atoms with Gasteiger partial charge in [-0.1, -0.05) is 60.7 Å². The summed E-state index contributed by atoms with van der Waals surface area (Å²) in [5.74, 6) is -1.12. The molecule has 0 radical (unpaired) electrons. The van der Waals surface area contributed by atoms with Crippen molar-refractivity contribution in [3.05, 3.63) is 119 Å². The lowest BCUT2D eigenvalue weighted by Gasteiger charge is -2.45. The van der Waals surface area contributed by atoms with Crippen LogP contribution in [-0.4, -0.2) is 62.6 Å². The number of benzene rings is 4. The molecule has 1 aliphatic heterocycles. The van der Waals surface area contributed by atoms with Gasteiger partial charge in [0.05, 0.1) is 32.8 Å². The lowest BCUT2D eigenvalue weighted by Crippen LogP contribution is -2.56. The van der Waals surface area contributed by atoms with Gasteiger partial charge in [-0.05, 0) is 48.2 Å². The molecule has 48 heavy (non-hydrogen) atoms. The largest absolute Gasteiger partial charge is 0.497 e. The number of aliphatic hydroxyl groups excluding tert-OH is 1. The van der Waals surface area contributed by atoms with Crippen LogP contribution in [0.15, 0.2) is 97.1 Å². The van der Waals surface area contributed by atoms with Gasteiger partial charge in [-0.25, -0.2) is 0 Å². The van der Waals surface area contributed by atoms with Crippen molar-refractivity contribution in [3.63, 3.8) is 0 Å². The highest BCUT2D eigenvalue weighted by Gasteiger charge is 2.76. The minimum Gasteiger partial charge on any atom is -0.497 e. The molecule has 1 aliphatic carbocycles. The topological polar surface area (TPSA) is 136 Å². The van der Waals surface area contributed by atoms with Crippen molar-refractivity contribution in [1.82, 2.24) is 10.6 Å². The van der Waals surface area contributed by atoms with Gasteiger partial charge in [0, 0.05) is 36.7 Å². The quantitative estimate of drug-likeness (QED) is 0.167. The van der Waals surface area contributed by atoms with Crippen LogP contribution in [0.4, 0.5) is 0 Å². The van der Waals surface area contributed by atoms with Gasteiger partial charge in [0.1, 0.15) is 34.7 Å². The van der Waals surface area contributed by atoms with Crippen molar-refractivity contribution in [2.45, 2.75) is 36.1 Å². The lowest BCUT2D eigenvalue weighted by atomic mass is 9.75. The highest BCUT2D eigenvalue weighted by molar-refractivity contribution is 5.94. The summed E-state index contributed by atoms with van der Waals surface area (Å²) in [7, 11) is 4.53. The molecule has 10 nitrogen and oxygen atoms in total. The van der Waals surface area contributed by atoms with Gasteiger partial charge in [0.2, 0.25) is 5.91 Å². The number of aliphatic hydroxyl groups is 2. The predicted molar refractivity (Wildman–Crippen MR) is 178 cm³/mol. The van der Waals surface area contributed by atoms with E-state index in [0.29, 0.717) is 54.1 Å². The van der Waals surface area contributed by atoms with Gasteiger partial charge in [0.15, 0.2) is 5.60 Å². The summed E-state index contributed by atoms with van der Waals surface area (Å²) < 4.78 is 23.5. The van der Waals surface area contributed by atoms with Crippen molar-refractivity contribution in [2.24, 2.45) is 5.92 Å². The van der Waals surface area contributed by atoms with Crippen molar-refractivity contribution in [1.29, 1.82) is 0 Å². The first-order valence-electron chi connectivity index (χ1n) is 16.0. The molecule has 10 heteroatoms. The van der Waals surface area contributed by atoms with Crippen LogP contribution in [0.1, 0.15) is 45.8 Å². The molecule has 5 atom stereocenters. The first-order valence-corrected chi connectivity index (χ1v) is 16.0. The van der Waals surface area contributed by atoms with E-state index in [0.717, 1.165) is 0 Å². The van der Waals surface area contributed by atoms with E-state index < -0.39 is 35.0 Å². The number of unbranched alkanes of at least 4 members (excludes halogenated alkanes) is 1. The second-order valence-electron chi connectivity index (χ2n) is 12.0. The van der Waals surface area contributed by atoms with Gasteiger partial charge in [0.25, 0.3) is 5.91 Å². The molecule has 1 saturated carbocycles. The van der Waals surface area contributed by atoms with E-state index >= 15 is 0 Å². The van der Waals surface area contributed by atoms with Crippen molar-refractivity contribution >= 4 is 11.8 Å². The van der Waals surface area contributed by atoms with Gasteiger partial charge in [-0.2, -0.15) is 0 Å². The third-order valence-corrected chi connectivity index (χ3v) is 9.47. The molecule has 2 aliphatic rings. The SMILES string of the molecule is COc1ccc(C23Oc4cc(OC)cc(OC)c4[C@](O)([C@H](c4ccccc4)C2C(=O)NCCCCNC(=O)c2ccccc2)[C@@H]3O)cc1. The minimum absolute atomic E-state index is 0.156. The van der Waals surface area contributed by atoms with Crippen LogP contribution < -0.4 is 29.6 Å². The Morgan fingerprint density at radius 1 is 0.792 bits per heavy atom. The Kier molecular flexibility index (Phi) is 9.30. The molecular formula is C38H40N2O8. The number of hydrogen-bond donors (Lipinski definition) is 4. The van der Waals surface area contributed by atoms with E-state index in [1.807, 2.05) is 48.5 Å². The fourth-order valence-corrected chi connectivity index (χ4v) is 7.25. The second-order valence-corrected chi connectivity index (χ2v) is 12.0. The fourth-order valence-electron chi connectivity index (χ4n) is 7.25. The molecule has 1 fully saturated rings. The standard InChI is InChI=1S/C38H40N2O8/c1-45-27-18-16-26(17-19-27)38-33(35(42)40-21-11-10-20-39-34(41)25-14-8-5-9-15-25)31(24-12-6-4-7-13-24)37(44,36(38)43)32-29(47-3)22-28(46-2)23-30(32)48-38/h4-9,12-19,22-23,31,33,36,43-44H,10-11,20-21H2,1-3H3,(H,39,41)(H,40,42)/t31-,33?,36+,37-,38?/m1/s1. The summed E-state index contributed by atoms with van der Waals surface area (Å²) in [6.45, 7) is 0.739. The average Bonchev–Trinajstić information content (AvgIpc) is 3.25. The first-order chi connectivity index (χ1) is 23.3. The Morgan fingerprint density at radius 2 is 1.42 bits per heavy atom. The molecule has 0 aromatic heterocycles. The molecular weight excluding hydrogens is 612 g/mol. The third kappa shape index (κ3) is 5.50. The van der Waals surface area contributed by atoms with E-state index in [1.54, 1.807) is 55.6 Å². The van der Waals surface area contributed by atoms with Crippen LogP contribution in [0.25, 0.3) is 0 Å². The zero-order chi connectivity index (χ0) is 33.9. The second kappa shape index (κ2) is 13.6. The molecule has 4 N–H and O–H groups in total. The maximum absolute atomic E-state index is 14.6. The molecule has 4 aromatic carbocycles. The van der Waals surface area contributed by atoms with Crippen LogP contribution in [0.2, 0.25) is 0 Å². The Labute approximate surface area is 279 Å². The van der Waals surface area contributed by atoms with E-state index in [-0.39, 0.29) is 23.0 Å². The van der Waals surface area contributed by atoms with E-state index in [2.05, 4.69) is 10.6 Å². The number of amides is 2. The van der Waals surface area contributed by atoms with Crippen molar-refractivity contribution in [3.8, 4) is 23.0 Å². The number of rotatable bonds is 12. The van der Waals surface area contributed by atoms with Gasteiger partial charge in [-0.3, -0.25) is 9.59 Å². The lowest BCUT2D eigenvalue weighted by molar-refractivity contribution is -0.159. The highest BCUT2D eigenvalue weighted by atomic mass is 16.5. The monoisotopic (exact) mass is 652 g/mol. The molecule has 0 saturated heterocycles. The van der Waals surface area contributed by atoms with Crippen LogP contribution >= 0.6 is 0 Å². The Morgan fingerprint density at radius 3 is 2.04 bits per heavy atom. The predicted octanol–water partition coefficient (Wildman–Crippen LogP) is 4.29. The van der Waals surface area contributed by atoms with Gasteiger partial charge >= 0.3 is 0 Å². The molecule has 1 heterocycles. The number of methoxy groups -OCH3 is 3. The summed E-state index contributed by atoms with van der Waals surface area (Å²) in [6, 6.07) is 28.4. The Balaban J connectivity index is 1.37. The van der Waals surface area contributed by atoms with Crippen LogP contribution in [-0.2, 0) is 16.0 Å². The van der Waals surface area contributed by atoms with Crippen molar-refractivity contribution in [2.75, 3.05) is 34.4 Å². The Hall–Kier alpha value is -5.06. The summed E-state index contributed by atoms with van der Waals surface area (Å²) >= 11 is 0. The Bertz CT molecular complexity index is 1750. The summed E-state index contributed by atoms with van der Waals surface area (Å²) in [6.07, 6.45) is -0.388. The summed E-state index contributed by atoms with van der Waals surface area (Å²) in [5, 5.41) is 31.4. The average molecular weight is 653 g/mol. The zero-order valence-corrected chi connectivity index (χ0v) is 27.1. The van der Waals surface area contributed by atoms with Crippen LogP contribution in [0.5, 0.6) is 23.0 Å². The number of ether oxygens (including phenoxy) is 4. The van der Waals surface area contributed by atoms with Crippen LogP contribution in [0, 0.1) is 5.92 Å². The normalized spacial score (nSPS) is 23.7. The van der Waals surface area contributed by atoms with E-state index in [4.69, 9.17) is 18.9 Å². The molecule has 250 valence electrons. The smallest absolute Gasteiger partial charge is 0.251 e. The van der Waals surface area contributed by atoms with E-state index in [9.17, 15) is 19.8 Å². The minimum atomic E-state index is -2.02. The highest BCUT2D eigenvalue weighted by Crippen LogP contribution is 2.68. The van der Waals surface area contributed by atoms with Gasteiger partial charge < -0.3 is 39.8 Å². The zero-order valence-electron chi connectivity index (χ0n) is 27.1. The van der Waals surface area contributed by atoms with Crippen molar-refractivity contribution < 1.29 is 38.7 Å². The first kappa shape index (κ1) is 32.9. The molecule has 4 aromatic rings. The molecule has 0 spiro atoms. The van der Waals surface area contributed by atoms with E-state index in [1.165, 1.54) is 14.2 Å². The molecule has 2 amide bonds. The van der Waals surface area contributed by atoms with Gasteiger partial charge in [-0.15, -0.1) is 0 Å². The summed E-state index contributed by atoms with van der Waals surface area (Å²) in [4.78, 5) is 27.0. The molecule has 6 rings (SSSR count). The third-order valence-electron chi connectivity index (χ3n) is 9.47. The molecule has 2 bridgehead atoms. The number of hydrogen-bond acceptors (Lipinski definition) is 8. The maximum Gasteiger partial charge on any atom is 0.251 e. The number of carbonyl (C=O) groups excluding carboxylic acids is 2. The number of carbonyl (C=O) groups is 2. The summed E-state index contributed by atoms with van der Waals surface area (Å²) in [5.41, 5.74) is -1.78. The molecule has 2 unspecified atom stereocenters. The fraction of sp³-hybridized carbons (Fsp3) is 0.316. The maximum atomic E-state index is 14.6.